The molecular formula is C32H26N6O2. The van der Waals surface area contributed by atoms with Crippen LogP contribution in [0.2, 0.25) is 0 Å². The van der Waals surface area contributed by atoms with Crippen LogP contribution in [0.15, 0.2) is 103 Å². The first-order valence-electron chi connectivity index (χ1n) is 12.7. The molecule has 8 nitrogen and oxygen atoms in total. The van der Waals surface area contributed by atoms with Gasteiger partial charge in [-0.1, -0.05) is 49.1 Å². The highest BCUT2D eigenvalue weighted by atomic mass is 16.1. The molecule has 2 aromatic carbocycles. The van der Waals surface area contributed by atoms with Crippen LogP contribution in [0.1, 0.15) is 34.1 Å². The summed E-state index contributed by atoms with van der Waals surface area (Å²) in [6.07, 6.45) is 9.04. The topological polar surface area (TPSA) is 109 Å². The highest BCUT2D eigenvalue weighted by Crippen LogP contribution is 2.19. The first-order chi connectivity index (χ1) is 19.5. The van der Waals surface area contributed by atoms with Gasteiger partial charge >= 0.3 is 0 Å². The van der Waals surface area contributed by atoms with Gasteiger partial charge in [0.05, 0.1) is 28.2 Å². The molecular weight excluding hydrogens is 500 g/mol. The van der Waals surface area contributed by atoms with E-state index in [9.17, 15) is 9.59 Å². The van der Waals surface area contributed by atoms with Crippen LogP contribution < -0.4 is 11.3 Å². The van der Waals surface area contributed by atoms with Gasteiger partial charge < -0.3 is 5.73 Å². The van der Waals surface area contributed by atoms with Crippen molar-refractivity contribution in [1.29, 1.82) is 0 Å². The van der Waals surface area contributed by atoms with Gasteiger partial charge in [0.1, 0.15) is 0 Å². The molecule has 0 fully saturated rings. The fourth-order valence-corrected chi connectivity index (χ4v) is 4.45. The van der Waals surface area contributed by atoms with E-state index in [0.717, 1.165) is 39.7 Å². The number of hydrogen-bond donors (Lipinski definition) is 1. The standard InChI is InChI=1S/C23H19N3O.C9H7N3O/c1-3-20-14-19-9-7-8-18(13-12-17-15-24-25(2)16-17)22(19)23(27)26(20)21-10-5-4-6-11-21;10-9(13)7-5-11-4-6-2-1-3-12-8(6)7/h4-11,14-16H,3H2,1-2H3;1-5H,(H2,10,13). The van der Waals surface area contributed by atoms with Gasteiger partial charge in [-0.15, -0.1) is 0 Å². The molecule has 40 heavy (non-hydrogen) atoms. The summed E-state index contributed by atoms with van der Waals surface area (Å²) >= 11 is 0. The number of primary amides is 1. The zero-order valence-corrected chi connectivity index (χ0v) is 22.1. The van der Waals surface area contributed by atoms with Crippen LogP contribution in [-0.2, 0) is 13.5 Å². The summed E-state index contributed by atoms with van der Waals surface area (Å²) in [5, 5.41) is 6.52. The van der Waals surface area contributed by atoms with Crippen LogP contribution >= 0.6 is 0 Å². The summed E-state index contributed by atoms with van der Waals surface area (Å²) < 4.78 is 3.50. The summed E-state index contributed by atoms with van der Waals surface area (Å²) in [7, 11) is 1.86. The number of nitrogens with two attached hydrogens (primary N) is 1. The predicted molar refractivity (Wildman–Crippen MR) is 156 cm³/mol. The molecule has 0 saturated heterocycles. The van der Waals surface area contributed by atoms with Crippen molar-refractivity contribution in [3.05, 3.63) is 130 Å². The quantitative estimate of drug-likeness (QED) is 0.344. The maximum absolute atomic E-state index is 13.4. The monoisotopic (exact) mass is 526 g/mol. The van der Waals surface area contributed by atoms with Crippen LogP contribution in [0, 0.1) is 11.8 Å². The van der Waals surface area contributed by atoms with E-state index < -0.39 is 5.91 Å². The molecule has 8 heteroatoms. The number of hydrogen-bond acceptors (Lipinski definition) is 5. The number of carbonyl (C=O) groups is 1. The van der Waals surface area contributed by atoms with E-state index >= 15 is 0 Å². The summed E-state index contributed by atoms with van der Waals surface area (Å²) in [5.41, 5.74) is 9.49. The SMILES string of the molecule is CCc1cc2cccc(C#Cc3cnn(C)c3)c2c(=O)n1-c1ccccc1.NC(=O)c1cncc2cccnc12. The third kappa shape index (κ3) is 5.35. The van der Waals surface area contributed by atoms with Crippen molar-refractivity contribution >= 4 is 27.6 Å². The molecule has 0 unspecified atom stereocenters. The Morgan fingerprint density at radius 3 is 2.48 bits per heavy atom. The van der Waals surface area contributed by atoms with Gasteiger partial charge in [0.25, 0.3) is 11.5 Å². The molecule has 196 valence electrons. The van der Waals surface area contributed by atoms with E-state index in [4.69, 9.17) is 5.73 Å². The number of nitrogens with zero attached hydrogens (tertiary/aromatic N) is 5. The molecule has 4 heterocycles. The Hall–Kier alpha value is -5.55. The van der Waals surface area contributed by atoms with E-state index in [0.29, 0.717) is 16.5 Å². The largest absolute Gasteiger partial charge is 0.365 e. The van der Waals surface area contributed by atoms with Crippen molar-refractivity contribution < 1.29 is 4.79 Å². The van der Waals surface area contributed by atoms with Crippen LogP contribution in [0.4, 0.5) is 0 Å². The van der Waals surface area contributed by atoms with Crippen molar-refractivity contribution in [2.45, 2.75) is 13.3 Å². The van der Waals surface area contributed by atoms with E-state index in [2.05, 4.69) is 39.9 Å². The van der Waals surface area contributed by atoms with Crippen LogP contribution in [0.25, 0.3) is 27.4 Å². The average molecular weight is 527 g/mol. The summed E-state index contributed by atoms with van der Waals surface area (Å²) in [5.74, 6) is 5.76. The molecule has 0 radical (unpaired) electrons. The number of pyridine rings is 3. The first-order valence-corrected chi connectivity index (χ1v) is 12.7. The molecule has 6 rings (SSSR count). The lowest BCUT2D eigenvalue weighted by molar-refractivity contribution is 0.100. The summed E-state index contributed by atoms with van der Waals surface area (Å²) in [6, 6.07) is 21.3. The number of rotatable bonds is 3. The number of aryl methyl sites for hydroxylation is 2. The van der Waals surface area contributed by atoms with Gasteiger partial charge in [0, 0.05) is 54.2 Å². The Morgan fingerprint density at radius 2 is 1.75 bits per heavy atom. The highest BCUT2D eigenvalue weighted by Gasteiger charge is 2.12. The molecule has 0 saturated carbocycles. The van der Waals surface area contributed by atoms with Gasteiger partial charge in [0.15, 0.2) is 0 Å². The predicted octanol–water partition coefficient (Wildman–Crippen LogP) is 4.42. The Bertz CT molecular complexity index is 1960. The zero-order valence-electron chi connectivity index (χ0n) is 22.1. The minimum atomic E-state index is -0.503. The van der Waals surface area contributed by atoms with E-state index in [1.807, 2.05) is 67.8 Å². The molecule has 6 aromatic rings. The minimum absolute atomic E-state index is 0.0355. The number of para-hydroxylation sites is 1. The fourth-order valence-electron chi connectivity index (χ4n) is 4.45. The van der Waals surface area contributed by atoms with Gasteiger partial charge in [-0.25, -0.2) is 0 Å². The minimum Gasteiger partial charge on any atom is -0.365 e. The molecule has 0 aliphatic rings. The van der Waals surface area contributed by atoms with Crippen molar-refractivity contribution in [2.24, 2.45) is 12.8 Å². The molecule has 0 spiro atoms. The van der Waals surface area contributed by atoms with Gasteiger partial charge in [-0.2, -0.15) is 5.10 Å². The number of carbonyl (C=O) groups excluding carboxylic acids is 1. The molecule has 0 aliphatic carbocycles. The van der Waals surface area contributed by atoms with E-state index in [1.165, 1.54) is 6.20 Å². The second kappa shape index (κ2) is 11.5. The lowest BCUT2D eigenvalue weighted by Gasteiger charge is -2.14. The van der Waals surface area contributed by atoms with E-state index in [-0.39, 0.29) is 5.56 Å². The molecule has 4 aromatic heterocycles. The molecule has 0 aliphatic heterocycles. The maximum atomic E-state index is 13.4. The lowest BCUT2D eigenvalue weighted by Crippen LogP contribution is -2.22. The molecule has 1 amide bonds. The Labute approximate surface area is 230 Å². The number of benzene rings is 2. The number of fused-ring (bicyclic) bond motifs is 2. The molecule has 0 atom stereocenters. The first kappa shape index (κ1) is 26.1. The second-order valence-electron chi connectivity index (χ2n) is 9.01. The Balaban J connectivity index is 0.000000207. The van der Waals surface area contributed by atoms with Crippen molar-refractivity contribution in [2.75, 3.05) is 0 Å². The summed E-state index contributed by atoms with van der Waals surface area (Å²) in [6.45, 7) is 2.06. The Morgan fingerprint density at radius 1 is 0.950 bits per heavy atom. The third-order valence-corrected chi connectivity index (χ3v) is 6.32. The maximum Gasteiger partial charge on any atom is 0.264 e. The number of amides is 1. The van der Waals surface area contributed by atoms with Gasteiger partial charge in [-0.05, 0) is 48.2 Å². The average Bonchev–Trinajstić information content (AvgIpc) is 3.41. The number of aromatic nitrogens is 5. The van der Waals surface area contributed by atoms with Crippen molar-refractivity contribution in [1.82, 2.24) is 24.3 Å². The normalized spacial score (nSPS) is 10.4. The zero-order chi connectivity index (χ0) is 28.1. The Kier molecular flexibility index (Phi) is 7.47. The van der Waals surface area contributed by atoms with Gasteiger partial charge in [-0.3, -0.25) is 28.8 Å². The van der Waals surface area contributed by atoms with Crippen LogP contribution in [-0.4, -0.2) is 30.2 Å². The fraction of sp³-hybridized carbons (Fsp3) is 0.0938. The molecule has 0 bridgehead atoms. The van der Waals surface area contributed by atoms with Crippen molar-refractivity contribution in [3.8, 4) is 17.5 Å². The second-order valence-corrected chi connectivity index (χ2v) is 9.01. The van der Waals surface area contributed by atoms with Crippen LogP contribution in [0.3, 0.4) is 0 Å². The van der Waals surface area contributed by atoms with Crippen LogP contribution in [0.5, 0.6) is 0 Å². The van der Waals surface area contributed by atoms with Crippen molar-refractivity contribution in [3.63, 3.8) is 0 Å². The smallest absolute Gasteiger partial charge is 0.264 e. The summed E-state index contributed by atoms with van der Waals surface area (Å²) in [4.78, 5) is 32.3. The van der Waals surface area contributed by atoms with Gasteiger partial charge in [0.2, 0.25) is 0 Å². The molecule has 2 N–H and O–H groups in total. The van der Waals surface area contributed by atoms with E-state index in [1.54, 1.807) is 33.9 Å². The third-order valence-electron chi connectivity index (χ3n) is 6.32. The highest BCUT2D eigenvalue weighted by molar-refractivity contribution is 6.03. The lowest BCUT2D eigenvalue weighted by atomic mass is 10.0.